The number of hydrogen-bond donors (Lipinski definition) is 1. The summed E-state index contributed by atoms with van der Waals surface area (Å²) in [7, 11) is 1.64. The van der Waals surface area contributed by atoms with Gasteiger partial charge in [-0.25, -0.2) is 13.6 Å². The topological polar surface area (TPSA) is 35.6 Å². The minimum Gasteiger partial charge on any atom is -0.370 e. The van der Waals surface area contributed by atoms with Crippen molar-refractivity contribution in [1.82, 2.24) is 4.90 Å². The van der Waals surface area contributed by atoms with E-state index in [0.29, 0.717) is 5.56 Å². The number of benzene rings is 2. The van der Waals surface area contributed by atoms with Gasteiger partial charge in [-0.1, -0.05) is 18.2 Å². The Hall–Kier alpha value is -2.63. The Morgan fingerprint density at radius 2 is 1.81 bits per heavy atom. The highest BCUT2D eigenvalue weighted by Crippen LogP contribution is 2.29. The molecule has 1 aliphatic rings. The third kappa shape index (κ3) is 3.79. The minimum atomic E-state index is -0.914. The molecule has 1 saturated heterocycles. The zero-order valence-corrected chi connectivity index (χ0v) is 15.0. The maximum atomic E-state index is 13.5. The summed E-state index contributed by atoms with van der Waals surface area (Å²) >= 11 is 0. The van der Waals surface area contributed by atoms with Crippen LogP contribution in [0.25, 0.3) is 0 Å². The molecule has 0 aliphatic carbocycles. The molecule has 0 aromatic heterocycles. The summed E-state index contributed by atoms with van der Waals surface area (Å²) in [6, 6.07) is 10.7. The van der Waals surface area contributed by atoms with Gasteiger partial charge in [0.15, 0.2) is 11.6 Å². The largest absolute Gasteiger partial charge is 0.370 e. The van der Waals surface area contributed by atoms with Gasteiger partial charge in [-0.05, 0) is 49.6 Å². The van der Waals surface area contributed by atoms with E-state index in [1.165, 1.54) is 11.0 Å². The average molecular weight is 359 g/mol. The van der Waals surface area contributed by atoms with E-state index in [4.69, 9.17) is 0 Å². The van der Waals surface area contributed by atoms with Crippen molar-refractivity contribution in [3.8, 4) is 0 Å². The van der Waals surface area contributed by atoms with Gasteiger partial charge in [-0.3, -0.25) is 0 Å². The quantitative estimate of drug-likeness (QED) is 0.852. The number of carbonyl (C=O) groups excluding carboxylic acids is 1. The lowest BCUT2D eigenvalue weighted by Crippen LogP contribution is -2.34. The Balaban J connectivity index is 1.74. The molecule has 0 bridgehead atoms. The molecule has 1 atom stereocenters. The van der Waals surface area contributed by atoms with Gasteiger partial charge in [-0.2, -0.15) is 0 Å². The molecule has 0 spiro atoms. The molecule has 2 aromatic rings. The first-order valence-corrected chi connectivity index (χ1v) is 8.80. The summed E-state index contributed by atoms with van der Waals surface area (Å²) in [5.41, 5.74) is 2.30. The SMILES string of the molecule is C[C@H](c1ccc(F)c(F)c1)N(C)C(=O)Nc1ccccc1N1CCCC1. The summed E-state index contributed by atoms with van der Waals surface area (Å²) in [6.07, 6.45) is 2.30. The second-order valence-corrected chi connectivity index (χ2v) is 6.60. The van der Waals surface area contributed by atoms with Crippen molar-refractivity contribution in [3.05, 3.63) is 59.7 Å². The van der Waals surface area contributed by atoms with Crippen molar-refractivity contribution in [3.63, 3.8) is 0 Å². The fraction of sp³-hybridized carbons (Fsp3) is 0.350. The van der Waals surface area contributed by atoms with E-state index < -0.39 is 17.7 Å². The normalized spacial score (nSPS) is 15.0. The van der Waals surface area contributed by atoms with Crippen LogP contribution in [-0.4, -0.2) is 31.1 Å². The second kappa shape index (κ2) is 7.72. The molecule has 1 heterocycles. The van der Waals surface area contributed by atoms with E-state index in [1.807, 2.05) is 24.3 Å². The van der Waals surface area contributed by atoms with Crippen LogP contribution in [0.5, 0.6) is 0 Å². The third-order valence-corrected chi connectivity index (χ3v) is 4.92. The standard InChI is InChI=1S/C20H23F2N3O/c1-14(15-9-10-16(21)17(22)13-15)24(2)20(26)23-18-7-3-4-8-19(18)25-11-5-6-12-25/h3-4,7-10,13-14H,5-6,11-12H2,1-2H3,(H,23,26)/t14-/m1/s1. The number of hydrogen-bond acceptors (Lipinski definition) is 2. The van der Waals surface area contributed by atoms with Crippen LogP contribution in [0.3, 0.4) is 0 Å². The molecule has 1 N–H and O–H groups in total. The minimum absolute atomic E-state index is 0.297. The number of anilines is 2. The van der Waals surface area contributed by atoms with Gasteiger partial charge >= 0.3 is 6.03 Å². The third-order valence-electron chi connectivity index (χ3n) is 4.92. The molecule has 6 heteroatoms. The van der Waals surface area contributed by atoms with Crippen LogP contribution in [0.1, 0.15) is 31.4 Å². The van der Waals surface area contributed by atoms with E-state index >= 15 is 0 Å². The van der Waals surface area contributed by atoms with Crippen molar-refractivity contribution in [2.24, 2.45) is 0 Å². The predicted octanol–water partition coefficient (Wildman–Crippen LogP) is 4.79. The summed E-state index contributed by atoms with van der Waals surface area (Å²) in [5, 5.41) is 2.94. The number of nitrogens with one attached hydrogen (secondary N) is 1. The van der Waals surface area contributed by atoms with Crippen molar-refractivity contribution < 1.29 is 13.6 Å². The molecular weight excluding hydrogens is 336 g/mol. The molecule has 2 amide bonds. The van der Waals surface area contributed by atoms with Gasteiger partial charge < -0.3 is 15.1 Å². The van der Waals surface area contributed by atoms with Crippen molar-refractivity contribution >= 4 is 17.4 Å². The van der Waals surface area contributed by atoms with Gasteiger partial charge in [0, 0.05) is 20.1 Å². The first kappa shape index (κ1) is 18.2. The Morgan fingerprint density at radius 3 is 2.50 bits per heavy atom. The Labute approximate surface area is 152 Å². The van der Waals surface area contributed by atoms with Gasteiger partial charge in [0.2, 0.25) is 0 Å². The molecule has 0 radical (unpaired) electrons. The number of nitrogens with zero attached hydrogens (tertiary/aromatic N) is 2. The predicted molar refractivity (Wildman–Crippen MR) is 99.4 cm³/mol. The number of carbonyl (C=O) groups is 1. The van der Waals surface area contributed by atoms with Crippen LogP contribution in [-0.2, 0) is 0 Å². The fourth-order valence-electron chi connectivity index (χ4n) is 3.19. The molecule has 4 nitrogen and oxygen atoms in total. The highest BCUT2D eigenvalue weighted by Gasteiger charge is 2.21. The maximum Gasteiger partial charge on any atom is 0.322 e. The lowest BCUT2D eigenvalue weighted by Gasteiger charge is -2.27. The highest BCUT2D eigenvalue weighted by molar-refractivity contribution is 5.93. The van der Waals surface area contributed by atoms with Crippen molar-refractivity contribution in [2.75, 3.05) is 30.4 Å². The number of amides is 2. The van der Waals surface area contributed by atoms with Crippen LogP contribution >= 0.6 is 0 Å². The molecule has 1 fully saturated rings. The molecule has 2 aromatic carbocycles. The smallest absolute Gasteiger partial charge is 0.322 e. The number of urea groups is 1. The van der Waals surface area contributed by atoms with Gasteiger partial charge in [-0.15, -0.1) is 0 Å². The summed E-state index contributed by atoms with van der Waals surface area (Å²) in [6.45, 7) is 3.74. The summed E-state index contributed by atoms with van der Waals surface area (Å²) in [4.78, 5) is 16.4. The van der Waals surface area contributed by atoms with Crippen LogP contribution < -0.4 is 10.2 Å². The first-order chi connectivity index (χ1) is 12.5. The number of halogens is 2. The highest BCUT2D eigenvalue weighted by atomic mass is 19.2. The monoisotopic (exact) mass is 359 g/mol. The first-order valence-electron chi connectivity index (χ1n) is 8.80. The van der Waals surface area contributed by atoms with Crippen LogP contribution in [0.4, 0.5) is 25.0 Å². The Morgan fingerprint density at radius 1 is 1.12 bits per heavy atom. The zero-order valence-electron chi connectivity index (χ0n) is 15.0. The number of rotatable bonds is 4. The molecule has 0 saturated carbocycles. The number of para-hydroxylation sites is 2. The van der Waals surface area contributed by atoms with Crippen LogP contribution in [0.15, 0.2) is 42.5 Å². The zero-order chi connectivity index (χ0) is 18.7. The maximum absolute atomic E-state index is 13.5. The molecule has 0 unspecified atom stereocenters. The lowest BCUT2D eigenvalue weighted by molar-refractivity contribution is 0.208. The van der Waals surface area contributed by atoms with E-state index in [9.17, 15) is 13.6 Å². The Kier molecular flexibility index (Phi) is 5.40. The molecule has 26 heavy (non-hydrogen) atoms. The van der Waals surface area contributed by atoms with E-state index in [1.54, 1.807) is 14.0 Å². The molecule has 138 valence electrons. The summed E-state index contributed by atoms with van der Waals surface area (Å²) in [5.74, 6) is -1.81. The molecule has 1 aliphatic heterocycles. The fourth-order valence-corrected chi connectivity index (χ4v) is 3.19. The Bertz CT molecular complexity index is 790. The van der Waals surface area contributed by atoms with E-state index in [2.05, 4.69) is 10.2 Å². The van der Waals surface area contributed by atoms with Crippen LogP contribution in [0.2, 0.25) is 0 Å². The van der Waals surface area contributed by atoms with Crippen LogP contribution in [0, 0.1) is 11.6 Å². The van der Waals surface area contributed by atoms with Gasteiger partial charge in [0.25, 0.3) is 0 Å². The molecular formula is C20H23F2N3O. The molecule has 3 rings (SSSR count). The lowest BCUT2D eigenvalue weighted by atomic mass is 10.1. The average Bonchev–Trinajstić information content (AvgIpc) is 3.17. The van der Waals surface area contributed by atoms with Crippen molar-refractivity contribution in [1.29, 1.82) is 0 Å². The van der Waals surface area contributed by atoms with E-state index in [0.717, 1.165) is 49.4 Å². The van der Waals surface area contributed by atoms with Crippen molar-refractivity contribution in [2.45, 2.75) is 25.8 Å². The van der Waals surface area contributed by atoms with E-state index in [-0.39, 0.29) is 6.03 Å². The summed E-state index contributed by atoms with van der Waals surface area (Å²) < 4.78 is 26.6. The second-order valence-electron chi connectivity index (χ2n) is 6.60. The van der Waals surface area contributed by atoms with Gasteiger partial charge in [0.1, 0.15) is 0 Å². The van der Waals surface area contributed by atoms with Gasteiger partial charge in [0.05, 0.1) is 17.4 Å².